The molecule has 0 unspecified atom stereocenters. The predicted molar refractivity (Wildman–Crippen MR) is 52.4 cm³/mol. The molecule has 0 aliphatic carbocycles. The van der Waals surface area contributed by atoms with Crippen LogP contribution in [0.1, 0.15) is 5.82 Å². The van der Waals surface area contributed by atoms with Gasteiger partial charge in [-0.2, -0.15) is 0 Å². The van der Waals surface area contributed by atoms with Crippen molar-refractivity contribution in [1.29, 1.82) is 0 Å². The van der Waals surface area contributed by atoms with Gasteiger partial charge in [-0.1, -0.05) is 0 Å². The van der Waals surface area contributed by atoms with Gasteiger partial charge >= 0.3 is 0 Å². The summed E-state index contributed by atoms with van der Waals surface area (Å²) in [5.74, 6) is 1.15. The van der Waals surface area contributed by atoms with E-state index < -0.39 is 0 Å². The second kappa shape index (κ2) is 3.67. The zero-order valence-electron chi connectivity index (χ0n) is 7.97. The van der Waals surface area contributed by atoms with Gasteiger partial charge in [0, 0.05) is 13.5 Å². The first kappa shape index (κ1) is 9.02. The van der Waals surface area contributed by atoms with Gasteiger partial charge in [-0.3, -0.25) is 4.40 Å². The molecule has 0 fully saturated rings. The van der Waals surface area contributed by atoms with Gasteiger partial charge < -0.3 is 9.84 Å². The van der Waals surface area contributed by atoms with Crippen LogP contribution < -0.4 is 0 Å². The maximum atomic E-state index is 9.32. The maximum absolute atomic E-state index is 9.32. The molecule has 2 aromatic rings. The minimum Gasteiger partial charge on any atom is -0.506 e. The topological polar surface area (TPSA) is 46.8 Å². The zero-order valence-corrected chi connectivity index (χ0v) is 7.97. The molecule has 4 heteroatoms. The van der Waals surface area contributed by atoms with Crippen LogP contribution in [0.3, 0.4) is 0 Å². The highest BCUT2D eigenvalue weighted by atomic mass is 16.5. The molecule has 0 atom stereocenters. The van der Waals surface area contributed by atoms with Crippen LogP contribution in [-0.4, -0.2) is 28.2 Å². The van der Waals surface area contributed by atoms with Gasteiger partial charge in [-0.25, -0.2) is 4.98 Å². The van der Waals surface area contributed by atoms with Crippen molar-refractivity contribution >= 4 is 5.52 Å². The minimum absolute atomic E-state index is 0.245. The summed E-state index contributed by atoms with van der Waals surface area (Å²) < 4.78 is 6.85. The van der Waals surface area contributed by atoms with Crippen LogP contribution in [0.15, 0.2) is 24.5 Å². The van der Waals surface area contributed by atoms with Crippen molar-refractivity contribution in [1.82, 2.24) is 9.38 Å². The molecule has 0 amide bonds. The van der Waals surface area contributed by atoms with Gasteiger partial charge in [0.15, 0.2) is 0 Å². The summed E-state index contributed by atoms with van der Waals surface area (Å²) in [6, 6.07) is 3.48. The summed E-state index contributed by atoms with van der Waals surface area (Å²) in [6.45, 7) is 0.634. The third kappa shape index (κ3) is 1.56. The van der Waals surface area contributed by atoms with Gasteiger partial charge in [-0.05, 0) is 12.1 Å². The Labute approximate surface area is 81.8 Å². The van der Waals surface area contributed by atoms with Crippen molar-refractivity contribution in [2.45, 2.75) is 6.42 Å². The van der Waals surface area contributed by atoms with Crippen LogP contribution in [0.25, 0.3) is 5.52 Å². The molecule has 74 valence electrons. The second-order valence-corrected chi connectivity index (χ2v) is 3.10. The zero-order chi connectivity index (χ0) is 9.97. The first-order valence-electron chi connectivity index (χ1n) is 4.45. The average molecular weight is 192 g/mol. The second-order valence-electron chi connectivity index (χ2n) is 3.10. The summed E-state index contributed by atoms with van der Waals surface area (Å²) in [4.78, 5) is 4.25. The molecule has 1 N–H and O–H groups in total. The summed E-state index contributed by atoms with van der Waals surface area (Å²) in [7, 11) is 1.66. The van der Waals surface area contributed by atoms with E-state index in [0.29, 0.717) is 6.61 Å². The van der Waals surface area contributed by atoms with Crippen molar-refractivity contribution in [3.05, 3.63) is 30.4 Å². The number of hydrogen-bond acceptors (Lipinski definition) is 3. The molecule has 0 saturated heterocycles. The largest absolute Gasteiger partial charge is 0.506 e. The average Bonchev–Trinajstić information content (AvgIpc) is 2.57. The lowest BCUT2D eigenvalue weighted by Gasteiger charge is -2.00. The minimum atomic E-state index is 0.245. The highest BCUT2D eigenvalue weighted by Crippen LogP contribution is 2.13. The quantitative estimate of drug-likeness (QED) is 0.795. The SMILES string of the molecule is COCCc1ncc2ccc(O)cn12. The summed E-state index contributed by atoms with van der Waals surface area (Å²) in [6.07, 6.45) is 4.19. The number of aromatic nitrogens is 2. The number of fused-ring (bicyclic) bond motifs is 1. The summed E-state index contributed by atoms with van der Waals surface area (Å²) >= 11 is 0. The van der Waals surface area contributed by atoms with Crippen LogP contribution in [0.4, 0.5) is 0 Å². The van der Waals surface area contributed by atoms with E-state index in [4.69, 9.17) is 4.74 Å². The number of rotatable bonds is 3. The van der Waals surface area contributed by atoms with Gasteiger partial charge in [0.1, 0.15) is 11.6 Å². The Balaban J connectivity index is 2.40. The number of pyridine rings is 1. The predicted octanol–water partition coefficient (Wildman–Crippen LogP) is 1.23. The first-order valence-corrected chi connectivity index (χ1v) is 4.45. The molecule has 4 nitrogen and oxygen atoms in total. The monoisotopic (exact) mass is 192 g/mol. The first-order chi connectivity index (χ1) is 6.81. The molecule has 0 aliphatic rings. The third-order valence-electron chi connectivity index (χ3n) is 2.12. The molecular formula is C10H12N2O2. The number of methoxy groups -OCH3 is 1. The molecule has 0 saturated carbocycles. The lowest BCUT2D eigenvalue weighted by molar-refractivity contribution is 0.200. The highest BCUT2D eigenvalue weighted by molar-refractivity contribution is 5.48. The highest BCUT2D eigenvalue weighted by Gasteiger charge is 2.03. The number of imidazole rings is 1. The van der Waals surface area contributed by atoms with Crippen molar-refractivity contribution in [3.63, 3.8) is 0 Å². The Morgan fingerprint density at radius 1 is 1.50 bits per heavy atom. The molecule has 2 heterocycles. The lowest BCUT2D eigenvalue weighted by Crippen LogP contribution is -1.99. The van der Waals surface area contributed by atoms with E-state index in [-0.39, 0.29) is 5.75 Å². The van der Waals surface area contributed by atoms with Gasteiger partial charge in [0.2, 0.25) is 0 Å². The third-order valence-corrected chi connectivity index (χ3v) is 2.12. The lowest BCUT2D eigenvalue weighted by atomic mass is 10.4. The molecule has 0 aliphatic heterocycles. The van der Waals surface area contributed by atoms with E-state index in [0.717, 1.165) is 17.8 Å². The van der Waals surface area contributed by atoms with E-state index >= 15 is 0 Å². The number of ether oxygens (including phenoxy) is 1. The number of hydrogen-bond donors (Lipinski definition) is 1. The Hall–Kier alpha value is -1.55. The van der Waals surface area contributed by atoms with E-state index in [9.17, 15) is 5.11 Å². The van der Waals surface area contributed by atoms with Crippen molar-refractivity contribution in [2.75, 3.05) is 13.7 Å². The molecule has 14 heavy (non-hydrogen) atoms. The molecule has 0 aromatic carbocycles. The van der Waals surface area contributed by atoms with Crippen molar-refractivity contribution < 1.29 is 9.84 Å². The van der Waals surface area contributed by atoms with Crippen molar-refractivity contribution in [2.24, 2.45) is 0 Å². The molecule has 0 radical (unpaired) electrons. The molecule has 0 bridgehead atoms. The Bertz CT molecular complexity index is 437. The number of aromatic hydroxyl groups is 1. The smallest absolute Gasteiger partial charge is 0.132 e. The fourth-order valence-electron chi connectivity index (χ4n) is 1.41. The normalized spacial score (nSPS) is 10.9. The fraction of sp³-hybridized carbons (Fsp3) is 0.300. The van der Waals surface area contributed by atoms with Crippen LogP contribution in [0.5, 0.6) is 5.75 Å². The van der Waals surface area contributed by atoms with Gasteiger partial charge in [0.25, 0.3) is 0 Å². The molecule has 2 rings (SSSR count). The van der Waals surface area contributed by atoms with Crippen LogP contribution in [-0.2, 0) is 11.2 Å². The molecule has 2 aromatic heterocycles. The Morgan fingerprint density at radius 3 is 3.14 bits per heavy atom. The summed E-state index contributed by atoms with van der Waals surface area (Å²) in [5, 5.41) is 9.32. The Kier molecular flexibility index (Phi) is 2.37. The van der Waals surface area contributed by atoms with E-state index in [2.05, 4.69) is 4.98 Å². The van der Waals surface area contributed by atoms with E-state index in [1.807, 2.05) is 10.5 Å². The van der Waals surface area contributed by atoms with E-state index in [1.165, 1.54) is 0 Å². The Morgan fingerprint density at radius 2 is 2.36 bits per heavy atom. The fourth-order valence-corrected chi connectivity index (χ4v) is 1.41. The van der Waals surface area contributed by atoms with Crippen LogP contribution in [0, 0.1) is 0 Å². The molecular weight excluding hydrogens is 180 g/mol. The van der Waals surface area contributed by atoms with Crippen LogP contribution >= 0.6 is 0 Å². The number of nitrogens with zero attached hydrogens (tertiary/aromatic N) is 2. The summed E-state index contributed by atoms with van der Waals surface area (Å²) in [5.41, 5.74) is 0.980. The van der Waals surface area contributed by atoms with E-state index in [1.54, 1.807) is 25.6 Å². The van der Waals surface area contributed by atoms with Gasteiger partial charge in [-0.15, -0.1) is 0 Å². The maximum Gasteiger partial charge on any atom is 0.132 e. The van der Waals surface area contributed by atoms with Crippen LogP contribution in [0.2, 0.25) is 0 Å². The standard InChI is InChI=1S/C10H12N2O2/c1-14-5-4-10-11-6-8-2-3-9(13)7-12(8)10/h2-3,6-7,13H,4-5H2,1H3. The van der Waals surface area contributed by atoms with Gasteiger partial charge in [0.05, 0.1) is 24.5 Å². The van der Waals surface area contributed by atoms with Crippen molar-refractivity contribution in [3.8, 4) is 5.75 Å². The molecule has 0 spiro atoms.